The van der Waals surface area contributed by atoms with Gasteiger partial charge in [0.05, 0.1) is 6.21 Å². The van der Waals surface area contributed by atoms with Crippen molar-refractivity contribution in [2.45, 2.75) is 13.8 Å². The Morgan fingerprint density at radius 3 is 2.74 bits per heavy atom. The largest absolute Gasteiger partial charge is 0.481 e. The molecule has 4 aromatic rings. The Morgan fingerprint density at radius 1 is 1.16 bits per heavy atom. The number of hydrogen-bond acceptors (Lipinski definition) is 4. The van der Waals surface area contributed by atoms with Crippen molar-refractivity contribution >= 4 is 34.6 Å². The van der Waals surface area contributed by atoms with E-state index in [0.717, 1.165) is 33.5 Å². The molecule has 0 radical (unpaired) electrons. The van der Waals surface area contributed by atoms with Gasteiger partial charge in [-0.1, -0.05) is 29.8 Å². The summed E-state index contributed by atoms with van der Waals surface area (Å²) in [5.74, 6) is 0.208. The van der Waals surface area contributed by atoms with Crippen LogP contribution in [0.4, 0.5) is 0 Å². The molecule has 0 spiro atoms. The van der Waals surface area contributed by atoms with Crippen LogP contribution in [-0.2, 0) is 4.79 Å². The first kappa shape index (κ1) is 20.6. The molecule has 4 rings (SSSR count). The molecule has 2 aromatic heterocycles. The van der Waals surface area contributed by atoms with Crippen molar-refractivity contribution in [3.63, 3.8) is 0 Å². The summed E-state index contributed by atoms with van der Waals surface area (Å²) in [7, 11) is 0. The number of rotatable bonds is 6. The van der Waals surface area contributed by atoms with Crippen molar-refractivity contribution in [2.24, 2.45) is 5.10 Å². The summed E-state index contributed by atoms with van der Waals surface area (Å²) in [4.78, 5) is 16.5. The van der Waals surface area contributed by atoms with Crippen LogP contribution in [0, 0.1) is 13.8 Å². The van der Waals surface area contributed by atoms with Crippen LogP contribution in [0.15, 0.2) is 72.0 Å². The number of amides is 1. The molecule has 0 saturated heterocycles. The van der Waals surface area contributed by atoms with E-state index < -0.39 is 0 Å². The SMILES string of the molecule is Cc1cc(C=NNC(=O)COc2cccc3cccnc23)c(C)n1-c1ccc(Cl)cc1. The van der Waals surface area contributed by atoms with Crippen molar-refractivity contribution in [1.29, 1.82) is 0 Å². The van der Waals surface area contributed by atoms with E-state index in [1.165, 1.54) is 0 Å². The summed E-state index contributed by atoms with van der Waals surface area (Å²) >= 11 is 5.99. The van der Waals surface area contributed by atoms with Gasteiger partial charge >= 0.3 is 0 Å². The van der Waals surface area contributed by atoms with E-state index in [0.29, 0.717) is 10.8 Å². The minimum absolute atomic E-state index is 0.156. The lowest BCUT2D eigenvalue weighted by Gasteiger charge is -2.09. The summed E-state index contributed by atoms with van der Waals surface area (Å²) in [6.45, 7) is 3.86. The average Bonchev–Trinajstić information content (AvgIpc) is 3.06. The molecule has 1 N–H and O–H groups in total. The average molecular weight is 433 g/mol. The predicted molar refractivity (Wildman–Crippen MR) is 123 cm³/mol. The number of carbonyl (C=O) groups excluding carboxylic acids is 1. The van der Waals surface area contributed by atoms with Gasteiger partial charge in [-0.3, -0.25) is 9.78 Å². The van der Waals surface area contributed by atoms with Crippen LogP contribution in [0.2, 0.25) is 5.02 Å². The molecule has 0 saturated carbocycles. The number of benzene rings is 2. The zero-order chi connectivity index (χ0) is 21.8. The molecular formula is C24H21ClN4O2. The monoisotopic (exact) mass is 432 g/mol. The Bertz CT molecular complexity index is 1260. The standard InChI is InChI=1S/C24H21ClN4O2/c1-16-13-19(17(2)29(16)21-10-8-20(25)9-11-21)14-27-28-23(30)15-31-22-7-3-5-18-6-4-12-26-24(18)22/h3-14H,15H2,1-2H3,(H,28,30). The molecule has 6 nitrogen and oxygen atoms in total. The molecular weight excluding hydrogens is 412 g/mol. The predicted octanol–water partition coefficient (Wildman–Crippen LogP) is 4.82. The molecule has 0 unspecified atom stereocenters. The fourth-order valence-corrected chi connectivity index (χ4v) is 3.57. The molecule has 2 aromatic carbocycles. The lowest BCUT2D eigenvalue weighted by Crippen LogP contribution is -2.24. The first-order valence-corrected chi connectivity index (χ1v) is 10.1. The molecule has 2 heterocycles. The Kier molecular flexibility index (Phi) is 6.00. The number of nitrogens with one attached hydrogen (secondary N) is 1. The smallest absolute Gasteiger partial charge is 0.277 e. The number of fused-ring (bicyclic) bond motifs is 1. The zero-order valence-electron chi connectivity index (χ0n) is 17.2. The highest BCUT2D eigenvalue weighted by Crippen LogP contribution is 2.23. The molecule has 0 aliphatic heterocycles. The topological polar surface area (TPSA) is 68.5 Å². The maximum atomic E-state index is 12.2. The van der Waals surface area contributed by atoms with E-state index in [1.54, 1.807) is 18.5 Å². The minimum Gasteiger partial charge on any atom is -0.481 e. The van der Waals surface area contributed by atoms with Gasteiger partial charge in [0.1, 0.15) is 11.3 Å². The van der Waals surface area contributed by atoms with Gasteiger partial charge < -0.3 is 9.30 Å². The van der Waals surface area contributed by atoms with E-state index in [1.807, 2.05) is 68.4 Å². The normalized spacial score (nSPS) is 11.2. The van der Waals surface area contributed by atoms with E-state index in [-0.39, 0.29) is 12.5 Å². The first-order chi connectivity index (χ1) is 15.0. The lowest BCUT2D eigenvalue weighted by atomic mass is 10.2. The molecule has 0 aliphatic carbocycles. The van der Waals surface area contributed by atoms with Crippen LogP contribution < -0.4 is 10.2 Å². The number of halogens is 1. The van der Waals surface area contributed by atoms with Gasteiger partial charge in [0.15, 0.2) is 6.61 Å². The van der Waals surface area contributed by atoms with Crippen LogP contribution >= 0.6 is 11.6 Å². The third-order valence-electron chi connectivity index (χ3n) is 4.90. The molecule has 31 heavy (non-hydrogen) atoms. The number of hydrazone groups is 1. The number of pyridine rings is 1. The Morgan fingerprint density at radius 2 is 1.94 bits per heavy atom. The number of carbonyl (C=O) groups is 1. The highest BCUT2D eigenvalue weighted by molar-refractivity contribution is 6.30. The quantitative estimate of drug-likeness (QED) is 0.350. The van der Waals surface area contributed by atoms with Crippen LogP contribution in [0.1, 0.15) is 17.0 Å². The van der Waals surface area contributed by atoms with Crippen LogP contribution in [0.3, 0.4) is 0 Å². The van der Waals surface area contributed by atoms with Gasteiger partial charge in [0.25, 0.3) is 5.91 Å². The van der Waals surface area contributed by atoms with Crippen molar-refractivity contribution in [1.82, 2.24) is 15.0 Å². The van der Waals surface area contributed by atoms with Gasteiger partial charge in [0, 0.05) is 39.2 Å². The summed E-state index contributed by atoms with van der Waals surface area (Å²) in [5, 5.41) is 5.73. The summed E-state index contributed by atoms with van der Waals surface area (Å²) in [6, 6.07) is 19.1. The van der Waals surface area contributed by atoms with Gasteiger partial charge in [-0.25, -0.2) is 5.43 Å². The minimum atomic E-state index is -0.351. The van der Waals surface area contributed by atoms with Gasteiger partial charge in [-0.15, -0.1) is 0 Å². The Hall–Kier alpha value is -3.64. The molecule has 156 valence electrons. The number of nitrogens with zero attached hydrogens (tertiary/aromatic N) is 3. The fourth-order valence-electron chi connectivity index (χ4n) is 3.45. The summed E-state index contributed by atoms with van der Waals surface area (Å²) in [6.07, 6.45) is 3.33. The second-order valence-electron chi connectivity index (χ2n) is 7.05. The molecule has 7 heteroatoms. The maximum Gasteiger partial charge on any atom is 0.277 e. The van der Waals surface area contributed by atoms with Crippen molar-refractivity contribution < 1.29 is 9.53 Å². The molecule has 0 fully saturated rings. The second kappa shape index (κ2) is 9.02. The number of aryl methyl sites for hydroxylation is 1. The van der Waals surface area contributed by atoms with E-state index >= 15 is 0 Å². The fraction of sp³-hybridized carbons (Fsp3) is 0.125. The van der Waals surface area contributed by atoms with E-state index in [2.05, 4.69) is 20.1 Å². The third kappa shape index (κ3) is 4.59. The first-order valence-electron chi connectivity index (χ1n) is 9.76. The number of para-hydroxylation sites is 1. The van der Waals surface area contributed by atoms with E-state index in [4.69, 9.17) is 16.3 Å². The van der Waals surface area contributed by atoms with Gasteiger partial charge in [-0.2, -0.15) is 5.10 Å². The second-order valence-corrected chi connectivity index (χ2v) is 7.49. The third-order valence-corrected chi connectivity index (χ3v) is 5.15. The molecule has 0 atom stereocenters. The highest BCUT2D eigenvalue weighted by atomic mass is 35.5. The van der Waals surface area contributed by atoms with E-state index in [9.17, 15) is 4.79 Å². The van der Waals surface area contributed by atoms with Crippen LogP contribution in [0.5, 0.6) is 5.75 Å². The molecule has 0 bridgehead atoms. The van der Waals surface area contributed by atoms with Crippen LogP contribution in [-0.4, -0.2) is 28.3 Å². The molecule has 0 aliphatic rings. The lowest BCUT2D eigenvalue weighted by molar-refractivity contribution is -0.123. The van der Waals surface area contributed by atoms with Crippen molar-refractivity contribution in [3.8, 4) is 11.4 Å². The van der Waals surface area contributed by atoms with Crippen molar-refractivity contribution in [2.75, 3.05) is 6.61 Å². The maximum absolute atomic E-state index is 12.2. The molecule has 1 amide bonds. The number of hydrogen-bond donors (Lipinski definition) is 1. The van der Waals surface area contributed by atoms with Gasteiger partial charge in [-0.05, 0) is 56.3 Å². The Balaban J connectivity index is 1.40. The van der Waals surface area contributed by atoms with Crippen molar-refractivity contribution in [3.05, 3.63) is 88.8 Å². The summed E-state index contributed by atoms with van der Waals surface area (Å²) in [5.41, 5.74) is 7.22. The van der Waals surface area contributed by atoms with Gasteiger partial charge in [0.2, 0.25) is 0 Å². The number of ether oxygens (including phenoxy) is 1. The van der Waals surface area contributed by atoms with Crippen LogP contribution in [0.25, 0.3) is 16.6 Å². The zero-order valence-corrected chi connectivity index (χ0v) is 17.9. The number of aromatic nitrogens is 2. The Labute approximate surface area is 185 Å². The summed E-state index contributed by atoms with van der Waals surface area (Å²) < 4.78 is 7.74. The highest BCUT2D eigenvalue weighted by Gasteiger charge is 2.10.